The first kappa shape index (κ1) is 18.7. The number of benzene rings is 1. The Labute approximate surface area is 140 Å². The van der Waals surface area contributed by atoms with E-state index in [0.29, 0.717) is 36.8 Å². The van der Waals surface area contributed by atoms with E-state index in [1.807, 2.05) is 0 Å². The van der Waals surface area contributed by atoms with Crippen LogP contribution in [-0.2, 0) is 11.2 Å². The van der Waals surface area contributed by atoms with Crippen LogP contribution in [-0.4, -0.2) is 52.8 Å². The molecule has 1 amide bonds. The molecule has 0 aliphatic carbocycles. The number of halogens is 2. The van der Waals surface area contributed by atoms with Crippen molar-refractivity contribution in [3.8, 4) is 0 Å². The van der Waals surface area contributed by atoms with Gasteiger partial charge in [-0.2, -0.15) is 0 Å². The first-order valence-electron chi connectivity index (χ1n) is 6.96. The van der Waals surface area contributed by atoms with E-state index in [1.165, 1.54) is 0 Å². The lowest BCUT2D eigenvalue weighted by Crippen LogP contribution is -2.35. The van der Waals surface area contributed by atoms with Gasteiger partial charge in [0.1, 0.15) is 0 Å². The quantitative estimate of drug-likeness (QED) is 0.669. The highest BCUT2D eigenvalue weighted by atomic mass is 35.5. The van der Waals surface area contributed by atoms with Gasteiger partial charge in [-0.1, -0.05) is 18.2 Å². The molecular weight excluding hydrogens is 327 g/mol. The molecule has 0 heterocycles. The second-order valence-corrected chi connectivity index (χ2v) is 5.65. The van der Waals surface area contributed by atoms with Gasteiger partial charge in [-0.05, 0) is 18.1 Å². The number of nitrogens with two attached hydrogens (primary N) is 1. The van der Waals surface area contributed by atoms with Gasteiger partial charge in [0.15, 0.2) is 0 Å². The van der Waals surface area contributed by atoms with Gasteiger partial charge in [-0.15, -0.1) is 23.2 Å². The fourth-order valence-electron chi connectivity index (χ4n) is 2.18. The number of carbonyl (C=O) groups excluding carboxylic acids is 1. The molecule has 3 N–H and O–H groups in total. The van der Waals surface area contributed by atoms with Crippen LogP contribution in [0.1, 0.15) is 22.3 Å². The predicted molar refractivity (Wildman–Crippen MR) is 87.7 cm³/mol. The Morgan fingerprint density at radius 2 is 1.77 bits per heavy atom. The summed E-state index contributed by atoms with van der Waals surface area (Å²) in [6.07, 6.45) is 0.180. The fraction of sp³-hybridized carbons (Fsp3) is 0.467. The molecule has 0 aliphatic heterocycles. The van der Waals surface area contributed by atoms with E-state index in [2.05, 4.69) is 0 Å². The third kappa shape index (κ3) is 5.83. The molecule has 1 unspecified atom stereocenters. The summed E-state index contributed by atoms with van der Waals surface area (Å²) < 4.78 is 0. The van der Waals surface area contributed by atoms with Gasteiger partial charge in [0.2, 0.25) is 0 Å². The molecular formula is C15H20Cl2N2O3. The van der Waals surface area contributed by atoms with Crippen molar-refractivity contribution >= 4 is 35.1 Å². The summed E-state index contributed by atoms with van der Waals surface area (Å²) in [4.78, 5) is 24.9. The summed E-state index contributed by atoms with van der Waals surface area (Å²) in [6.45, 7) is 0.811. The molecule has 122 valence electrons. The van der Waals surface area contributed by atoms with E-state index >= 15 is 0 Å². The molecule has 0 radical (unpaired) electrons. The first-order chi connectivity index (χ1) is 10.5. The number of hydrogen-bond acceptors (Lipinski definition) is 3. The molecule has 0 bridgehead atoms. The highest BCUT2D eigenvalue weighted by Crippen LogP contribution is 2.15. The minimum absolute atomic E-state index is 0.143. The zero-order chi connectivity index (χ0) is 16.5. The van der Waals surface area contributed by atoms with Gasteiger partial charge in [-0.25, -0.2) is 0 Å². The van der Waals surface area contributed by atoms with Crippen molar-refractivity contribution in [1.29, 1.82) is 0 Å². The van der Waals surface area contributed by atoms with Crippen molar-refractivity contribution in [2.75, 3.05) is 24.8 Å². The van der Waals surface area contributed by atoms with Gasteiger partial charge in [0, 0.05) is 36.5 Å². The maximum atomic E-state index is 12.6. The van der Waals surface area contributed by atoms with Crippen LogP contribution in [0.2, 0.25) is 0 Å². The van der Waals surface area contributed by atoms with Crippen molar-refractivity contribution in [3.63, 3.8) is 0 Å². The lowest BCUT2D eigenvalue weighted by atomic mass is 9.98. The molecule has 0 saturated heterocycles. The van der Waals surface area contributed by atoms with Crippen LogP contribution in [0.15, 0.2) is 24.3 Å². The number of aliphatic carboxylic acids is 1. The number of alkyl halides is 2. The molecule has 1 aromatic rings. The lowest BCUT2D eigenvalue weighted by molar-refractivity contribution is -0.137. The number of carbonyl (C=O) groups is 2. The van der Waals surface area contributed by atoms with Crippen LogP contribution in [0.3, 0.4) is 0 Å². The molecule has 1 aromatic carbocycles. The van der Waals surface area contributed by atoms with E-state index in [9.17, 15) is 9.59 Å². The van der Waals surface area contributed by atoms with Crippen molar-refractivity contribution in [1.82, 2.24) is 4.90 Å². The number of rotatable bonds is 9. The van der Waals surface area contributed by atoms with Crippen LogP contribution in [0, 0.1) is 0 Å². The molecule has 0 spiro atoms. The monoisotopic (exact) mass is 346 g/mol. The largest absolute Gasteiger partial charge is 0.481 e. The Morgan fingerprint density at radius 1 is 1.18 bits per heavy atom. The summed E-state index contributed by atoms with van der Waals surface area (Å²) in [5, 5.41) is 8.78. The molecule has 7 heteroatoms. The van der Waals surface area contributed by atoms with Gasteiger partial charge < -0.3 is 15.7 Å². The average Bonchev–Trinajstić information content (AvgIpc) is 2.46. The van der Waals surface area contributed by atoms with Gasteiger partial charge >= 0.3 is 5.97 Å². The summed E-state index contributed by atoms with van der Waals surface area (Å²) in [5.41, 5.74) is 7.07. The standard InChI is InChI=1S/C15H20Cl2N2O3/c16-5-7-19(8-6-17)15(22)13-4-2-1-3-11(13)9-12(18)10-14(20)21/h1-4,12H,5-10,18H2,(H,20,21). The fourth-order valence-corrected chi connectivity index (χ4v) is 2.58. The highest BCUT2D eigenvalue weighted by Gasteiger charge is 2.19. The Bertz CT molecular complexity index is 505. The number of hydrogen-bond donors (Lipinski definition) is 2. The van der Waals surface area contributed by atoms with Crippen LogP contribution < -0.4 is 5.73 Å². The second kappa shape index (κ2) is 9.66. The van der Waals surface area contributed by atoms with Gasteiger partial charge in [-0.3, -0.25) is 9.59 Å². The van der Waals surface area contributed by atoms with E-state index in [0.717, 1.165) is 5.56 Å². The van der Waals surface area contributed by atoms with Crippen molar-refractivity contribution in [2.24, 2.45) is 5.73 Å². The van der Waals surface area contributed by atoms with Crippen LogP contribution in [0.4, 0.5) is 0 Å². The van der Waals surface area contributed by atoms with Crippen molar-refractivity contribution in [2.45, 2.75) is 18.9 Å². The molecule has 22 heavy (non-hydrogen) atoms. The summed E-state index contributed by atoms with van der Waals surface area (Å²) in [5.74, 6) is -0.478. The Morgan fingerprint density at radius 3 is 2.32 bits per heavy atom. The average molecular weight is 347 g/mol. The topological polar surface area (TPSA) is 83.6 Å². The zero-order valence-electron chi connectivity index (χ0n) is 12.2. The predicted octanol–water partition coefficient (Wildman–Crippen LogP) is 1.95. The van der Waals surface area contributed by atoms with Gasteiger partial charge in [0.25, 0.3) is 5.91 Å². The van der Waals surface area contributed by atoms with Crippen molar-refractivity contribution < 1.29 is 14.7 Å². The Kier molecular flexibility index (Phi) is 8.24. The van der Waals surface area contributed by atoms with Crippen LogP contribution >= 0.6 is 23.2 Å². The summed E-state index contributed by atoms with van der Waals surface area (Å²) in [6, 6.07) is 6.52. The minimum atomic E-state index is -0.956. The first-order valence-corrected chi connectivity index (χ1v) is 8.03. The maximum absolute atomic E-state index is 12.6. The third-order valence-corrected chi connectivity index (χ3v) is 3.50. The Hall–Kier alpha value is -1.30. The maximum Gasteiger partial charge on any atom is 0.304 e. The SMILES string of the molecule is NC(CC(=O)O)Cc1ccccc1C(=O)N(CCCl)CCCl. The lowest BCUT2D eigenvalue weighted by Gasteiger charge is -2.22. The smallest absolute Gasteiger partial charge is 0.304 e. The summed E-state index contributed by atoms with van der Waals surface area (Å²) in [7, 11) is 0. The van der Waals surface area contributed by atoms with Crippen molar-refractivity contribution in [3.05, 3.63) is 35.4 Å². The molecule has 0 aliphatic rings. The third-order valence-electron chi connectivity index (χ3n) is 3.16. The van der Waals surface area contributed by atoms with E-state index in [1.54, 1.807) is 29.2 Å². The normalized spacial score (nSPS) is 12.0. The van der Waals surface area contributed by atoms with E-state index in [4.69, 9.17) is 34.0 Å². The van der Waals surface area contributed by atoms with E-state index in [-0.39, 0.29) is 12.3 Å². The Balaban J connectivity index is 2.93. The molecule has 5 nitrogen and oxygen atoms in total. The second-order valence-electron chi connectivity index (χ2n) is 4.89. The molecule has 1 atom stereocenters. The summed E-state index contributed by atoms with van der Waals surface area (Å²) >= 11 is 11.4. The highest BCUT2D eigenvalue weighted by molar-refractivity contribution is 6.18. The molecule has 1 rings (SSSR count). The molecule has 0 saturated carbocycles. The van der Waals surface area contributed by atoms with Crippen LogP contribution in [0.25, 0.3) is 0 Å². The number of amides is 1. The zero-order valence-corrected chi connectivity index (χ0v) is 13.7. The van der Waals surface area contributed by atoms with Gasteiger partial charge in [0.05, 0.1) is 6.42 Å². The molecule has 0 aromatic heterocycles. The number of nitrogens with zero attached hydrogens (tertiary/aromatic N) is 1. The van der Waals surface area contributed by atoms with Crippen LogP contribution in [0.5, 0.6) is 0 Å². The molecule has 0 fully saturated rings. The van der Waals surface area contributed by atoms with E-state index < -0.39 is 12.0 Å². The minimum Gasteiger partial charge on any atom is -0.481 e. The number of carboxylic acids is 1. The number of carboxylic acid groups (broad SMARTS) is 1.